The maximum absolute atomic E-state index is 8.64. The van der Waals surface area contributed by atoms with Crippen LogP contribution in [0.1, 0.15) is 55.9 Å². The fourth-order valence-electron chi connectivity index (χ4n) is 2.36. The van der Waals surface area contributed by atoms with E-state index in [4.69, 9.17) is 5.26 Å². The van der Waals surface area contributed by atoms with Crippen LogP contribution in [0.25, 0.3) is 0 Å². The lowest BCUT2D eigenvalue weighted by Gasteiger charge is -2.06. The van der Waals surface area contributed by atoms with E-state index < -0.39 is 0 Å². The van der Waals surface area contributed by atoms with E-state index in [2.05, 4.69) is 63.3 Å². The molecule has 0 aromatic heterocycles. The summed E-state index contributed by atoms with van der Waals surface area (Å²) in [7, 11) is 0. The first-order valence-corrected chi connectivity index (χ1v) is 9.30. The van der Waals surface area contributed by atoms with E-state index in [1.807, 2.05) is 24.3 Å². The van der Waals surface area contributed by atoms with E-state index in [9.17, 15) is 0 Å². The first-order chi connectivity index (χ1) is 12.0. The van der Waals surface area contributed by atoms with Gasteiger partial charge in [0.25, 0.3) is 0 Å². The number of nitriles is 1. The van der Waals surface area contributed by atoms with Crippen LogP contribution in [-0.2, 0) is 13.0 Å². The topological polar surface area (TPSA) is 35.8 Å². The molecule has 0 spiro atoms. The summed E-state index contributed by atoms with van der Waals surface area (Å²) >= 11 is 0. The van der Waals surface area contributed by atoms with Gasteiger partial charge in [-0.25, -0.2) is 0 Å². The van der Waals surface area contributed by atoms with Crippen LogP contribution in [0, 0.1) is 24.2 Å². The Balaban J connectivity index is 0.000000271. The van der Waals surface area contributed by atoms with Crippen LogP contribution in [0.3, 0.4) is 0 Å². The molecule has 0 fully saturated rings. The van der Waals surface area contributed by atoms with Gasteiger partial charge in [-0.05, 0) is 55.5 Å². The number of nitrogens with one attached hydrogen (secondary N) is 1. The molecule has 1 N–H and O–H groups in total. The van der Waals surface area contributed by atoms with Crippen LogP contribution in [-0.4, -0.2) is 6.54 Å². The number of nitrogens with zero attached hydrogens (tertiary/aromatic N) is 1. The van der Waals surface area contributed by atoms with Crippen molar-refractivity contribution in [2.24, 2.45) is 5.92 Å². The van der Waals surface area contributed by atoms with Crippen molar-refractivity contribution in [2.75, 3.05) is 6.54 Å². The second-order valence-corrected chi connectivity index (χ2v) is 6.90. The maximum atomic E-state index is 8.64. The molecule has 0 aliphatic heterocycles. The summed E-state index contributed by atoms with van der Waals surface area (Å²) in [6, 6.07) is 18.6. The molecule has 0 saturated carbocycles. The Labute approximate surface area is 153 Å². The molecule has 2 rings (SSSR count). The molecule has 25 heavy (non-hydrogen) atoms. The third-order valence-electron chi connectivity index (χ3n) is 3.97. The van der Waals surface area contributed by atoms with Gasteiger partial charge in [-0.2, -0.15) is 5.26 Å². The van der Waals surface area contributed by atoms with Gasteiger partial charge >= 0.3 is 0 Å². The van der Waals surface area contributed by atoms with Gasteiger partial charge in [0.1, 0.15) is 0 Å². The summed E-state index contributed by atoms with van der Waals surface area (Å²) < 4.78 is 0. The highest BCUT2D eigenvalue weighted by Gasteiger charge is 1.95. The van der Waals surface area contributed by atoms with Crippen molar-refractivity contribution in [1.82, 2.24) is 5.32 Å². The summed E-state index contributed by atoms with van der Waals surface area (Å²) in [5.41, 5.74) is 4.76. The fraction of sp³-hybridized carbons (Fsp3) is 0.435. The predicted molar refractivity (Wildman–Crippen MR) is 107 cm³/mol. The maximum Gasteiger partial charge on any atom is 0.0991 e. The highest BCUT2D eigenvalue weighted by atomic mass is 14.8. The molecule has 134 valence electrons. The SMILES string of the molecule is CC(C)CCNCc1ccc(C#N)cc1.CCCc1ccc(C)cc1. The van der Waals surface area contributed by atoms with E-state index in [0.29, 0.717) is 0 Å². The molecule has 0 aliphatic carbocycles. The fourth-order valence-corrected chi connectivity index (χ4v) is 2.36. The quantitative estimate of drug-likeness (QED) is 0.664. The Kier molecular flexibility index (Phi) is 10.3. The zero-order valence-electron chi connectivity index (χ0n) is 16.2. The summed E-state index contributed by atoms with van der Waals surface area (Å²) in [6.07, 6.45) is 3.65. The first kappa shape index (κ1) is 20.9. The third-order valence-corrected chi connectivity index (χ3v) is 3.97. The van der Waals surface area contributed by atoms with Gasteiger partial charge in [-0.15, -0.1) is 0 Å². The van der Waals surface area contributed by atoms with Crippen molar-refractivity contribution >= 4 is 0 Å². The number of rotatable bonds is 7. The van der Waals surface area contributed by atoms with Crippen LogP contribution >= 0.6 is 0 Å². The largest absolute Gasteiger partial charge is 0.313 e. The van der Waals surface area contributed by atoms with Crippen LogP contribution < -0.4 is 5.32 Å². The normalized spacial score (nSPS) is 10.1. The smallest absolute Gasteiger partial charge is 0.0991 e. The van der Waals surface area contributed by atoms with Crippen molar-refractivity contribution in [3.05, 3.63) is 70.8 Å². The Morgan fingerprint density at radius 2 is 1.56 bits per heavy atom. The monoisotopic (exact) mass is 336 g/mol. The minimum atomic E-state index is 0.723. The van der Waals surface area contributed by atoms with Crippen LogP contribution in [0.5, 0.6) is 0 Å². The number of hydrogen-bond donors (Lipinski definition) is 1. The molecule has 0 heterocycles. The minimum absolute atomic E-state index is 0.723. The van der Waals surface area contributed by atoms with Crippen molar-refractivity contribution in [3.63, 3.8) is 0 Å². The van der Waals surface area contributed by atoms with Crippen molar-refractivity contribution < 1.29 is 0 Å². The second-order valence-electron chi connectivity index (χ2n) is 6.90. The number of benzene rings is 2. The molecule has 0 radical (unpaired) electrons. The van der Waals surface area contributed by atoms with Crippen molar-refractivity contribution in [1.29, 1.82) is 5.26 Å². The number of hydrogen-bond acceptors (Lipinski definition) is 2. The summed E-state index contributed by atoms with van der Waals surface area (Å²) in [4.78, 5) is 0. The molecular weight excluding hydrogens is 304 g/mol. The zero-order chi connectivity index (χ0) is 18.5. The van der Waals surface area contributed by atoms with Gasteiger partial charge in [-0.3, -0.25) is 0 Å². The average Bonchev–Trinajstić information content (AvgIpc) is 2.62. The van der Waals surface area contributed by atoms with Crippen LogP contribution in [0.2, 0.25) is 0 Å². The summed E-state index contributed by atoms with van der Waals surface area (Å²) in [5.74, 6) is 0.749. The average molecular weight is 337 g/mol. The van der Waals surface area contributed by atoms with E-state index in [0.717, 1.165) is 24.6 Å². The Morgan fingerprint density at radius 1 is 0.960 bits per heavy atom. The van der Waals surface area contributed by atoms with Gasteiger partial charge in [-0.1, -0.05) is 69.2 Å². The lowest BCUT2D eigenvalue weighted by Crippen LogP contribution is -2.16. The van der Waals surface area contributed by atoms with E-state index >= 15 is 0 Å². The van der Waals surface area contributed by atoms with Crippen molar-refractivity contribution in [2.45, 2.75) is 53.5 Å². The minimum Gasteiger partial charge on any atom is -0.313 e. The first-order valence-electron chi connectivity index (χ1n) is 9.30. The van der Waals surface area contributed by atoms with Gasteiger partial charge in [0.05, 0.1) is 11.6 Å². The molecule has 2 aromatic rings. The molecule has 2 nitrogen and oxygen atoms in total. The molecule has 0 saturated heterocycles. The standard InChI is InChI=1S/C13H18N2.C10H14/c1-11(2)7-8-15-10-13-5-3-12(9-14)4-6-13;1-3-4-10-7-5-9(2)6-8-10/h3-6,11,15H,7-8,10H2,1-2H3;5-8H,3-4H2,1-2H3. The Morgan fingerprint density at radius 3 is 2.08 bits per heavy atom. The summed E-state index contributed by atoms with van der Waals surface area (Å²) in [5, 5.41) is 12.0. The molecule has 0 amide bonds. The van der Waals surface area contributed by atoms with Crippen LogP contribution in [0.4, 0.5) is 0 Å². The molecule has 0 aliphatic rings. The van der Waals surface area contributed by atoms with Gasteiger partial charge in [0, 0.05) is 6.54 Å². The third kappa shape index (κ3) is 9.69. The van der Waals surface area contributed by atoms with Crippen molar-refractivity contribution in [3.8, 4) is 6.07 Å². The summed E-state index contributed by atoms with van der Waals surface area (Å²) in [6.45, 7) is 10.7. The van der Waals surface area contributed by atoms with E-state index in [1.165, 1.54) is 36.0 Å². The lowest BCUT2D eigenvalue weighted by atomic mass is 10.1. The molecule has 0 bridgehead atoms. The molecule has 2 heteroatoms. The Hall–Kier alpha value is -2.11. The highest BCUT2D eigenvalue weighted by molar-refractivity contribution is 5.31. The molecule has 0 unspecified atom stereocenters. The van der Waals surface area contributed by atoms with Gasteiger partial charge in [0.2, 0.25) is 0 Å². The Bertz CT molecular complexity index is 619. The van der Waals surface area contributed by atoms with Gasteiger partial charge in [0.15, 0.2) is 0 Å². The number of aryl methyl sites for hydroxylation is 2. The predicted octanol–water partition coefficient (Wildman–Crippen LogP) is 5.64. The second kappa shape index (κ2) is 12.3. The molecule has 2 aromatic carbocycles. The van der Waals surface area contributed by atoms with Crippen LogP contribution in [0.15, 0.2) is 48.5 Å². The zero-order valence-corrected chi connectivity index (χ0v) is 16.2. The van der Waals surface area contributed by atoms with E-state index in [1.54, 1.807) is 0 Å². The molecule has 0 atom stereocenters. The highest BCUT2D eigenvalue weighted by Crippen LogP contribution is 2.05. The molecular formula is C23H32N2. The van der Waals surface area contributed by atoms with Gasteiger partial charge < -0.3 is 5.32 Å². The lowest BCUT2D eigenvalue weighted by molar-refractivity contribution is 0.537. The van der Waals surface area contributed by atoms with E-state index in [-0.39, 0.29) is 0 Å².